The summed E-state index contributed by atoms with van der Waals surface area (Å²) >= 11 is 1.02. The molecular formula is C26H31NO7S. The van der Waals surface area contributed by atoms with Gasteiger partial charge in [-0.2, -0.15) is 0 Å². The third-order valence-electron chi connectivity index (χ3n) is 5.71. The minimum absolute atomic E-state index is 0.119. The number of esters is 2. The number of hydrogen-bond donors (Lipinski definition) is 1. The maximum Gasteiger partial charge on any atom is 0.348 e. The van der Waals surface area contributed by atoms with Gasteiger partial charge < -0.3 is 24.3 Å². The topological polar surface area (TPSA) is 100 Å². The largest absolute Gasteiger partial charge is 0.493 e. The third-order valence-corrected chi connectivity index (χ3v) is 6.90. The monoisotopic (exact) mass is 501 g/mol. The molecule has 1 heterocycles. The molecule has 1 fully saturated rings. The van der Waals surface area contributed by atoms with Crippen molar-refractivity contribution in [3.05, 3.63) is 45.8 Å². The predicted molar refractivity (Wildman–Crippen MR) is 135 cm³/mol. The lowest BCUT2D eigenvalue weighted by Crippen LogP contribution is -2.21. The van der Waals surface area contributed by atoms with Crippen molar-refractivity contribution in [2.45, 2.75) is 52.1 Å². The molecule has 9 heteroatoms. The molecule has 0 spiro atoms. The molecule has 0 atom stereocenters. The quantitative estimate of drug-likeness (QED) is 0.363. The van der Waals surface area contributed by atoms with Crippen molar-refractivity contribution in [3.8, 4) is 11.5 Å². The third kappa shape index (κ3) is 6.63. The van der Waals surface area contributed by atoms with E-state index in [-0.39, 0.29) is 28.2 Å². The van der Waals surface area contributed by atoms with Crippen LogP contribution < -0.4 is 14.8 Å². The Balaban J connectivity index is 1.80. The van der Waals surface area contributed by atoms with E-state index in [1.807, 2.05) is 0 Å². The fourth-order valence-electron chi connectivity index (χ4n) is 3.92. The van der Waals surface area contributed by atoms with Gasteiger partial charge >= 0.3 is 11.9 Å². The van der Waals surface area contributed by atoms with Gasteiger partial charge in [-0.25, -0.2) is 9.59 Å². The van der Waals surface area contributed by atoms with E-state index in [4.69, 9.17) is 18.9 Å². The standard InChI is InChI=1S/C26H31NO7S/c1-5-33-25(29)22-16(2)23(26(30)34-18-9-7-6-8-10-18)35-24(22)27-21(28)14-12-17-11-13-19(31-3)20(15-17)32-4/h11-15,18H,5-10H2,1-4H3,(H,27,28)/b14-12+. The molecular weight excluding hydrogens is 470 g/mol. The number of benzene rings is 1. The fourth-order valence-corrected chi connectivity index (χ4v) is 5.00. The number of amides is 1. The second kappa shape index (κ2) is 12.4. The van der Waals surface area contributed by atoms with Crippen LogP contribution in [0.25, 0.3) is 6.08 Å². The maximum atomic E-state index is 12.9. The van der Waals surface area contributed by atoms with Crippen molar-refractivity contribution < 1.29 is 33.3 Å². The summed E-state index contributed by atoms with van der Waals surface area (Å²) in [5.41, 5.74) is 1.33. The molecule has 35 heavy (non-hydrogen) atoms. The van der Waals surface area contributed by atoms with Crippen molar-refractivity contribution in [2.24, 2.45) is 0 Å². The molecule has 0 radical (unpaired) electrons. The number of nitrogens with one attached hydrogen (secondary N) is 1. The van der Waals surface area contributed by atoms with E-state index in [0.717, 1.165) is 49.0 Å². The van der Waals surface area contributed by atoms with Gasteiger partial charge in [-0.1, -0.05) is 12.5 Å². The van der Waals surface area contributed by atoms with E-state index in [9.17, 15) is 14.4 Å². The average Bonchev–Trinajstić information content (AvgIpc) is 3.18. The summed E-state index contributed by atoms with van der Waals surface area (Å²) in [6.07, 6.45) is 7.71. The van der Waals surface area contributed by atoms with E-state index >= 15 is 0 Å². The lowest BCUT2D eigenvalue weighted by molar-refractivity contribution is -0.111. The minimum Gasteiger partial charge on any atom is -0.493 e. The van der Waals surface area contributed by atoms with Gasteiger partial charge in [0.2, 0.25) is 5.91 Å². The summed E-state index contributed by atoms with van der Waals surface area (Å²) in [6, 6.07) is 5.26. The molecule has 0 aliphatic heterocycles. The molecule has 0 unspecified atom stereocenters. The number of thiophene rings is 1. The number of hydrogen-bond acceptors (Lipinski definition) is 8. The Morgan fingerprint density at radius 1 is 1.06 bits per heavy atom. The van der Waals surface area contributed by atoms with Crippen LogP contribution in [0.2, 0.25) is 0 Å². The number of carbonyl (C=O) groups excluding carboxylic acids is 3. The Hall–Kier alpha value is -3.33. The van der Waals surface area contributed by atoms with Crippen molar-refractivity contribution in [3.63, 3.8) is 0 Å². The smallest absolute Gasteiger partial charge is 0.348 e. The van der Waals surface area contributed by atoms with E-state index < -0.39 is 17.8 Å². The Kier molecular flexibility index (Phi) is 9.31. The Labute approximate surface area is 209 Å². The van der Waals surface area contributed by atoms with Crippen LogP contribution in [0.3, 0.4) is 0 Å². The number of ether oxygens (including phenoxy) is 4. The van der Waals surface area contributed by atoms with Crippen LogP contribution in [0, 0.1) is 6.92 Å². The number of carbonyl (C=O) groups is 3. The van der Waals surface area contributed by atoms with Crippen LogP contribution in [0.5, 0.6) is 11.5 Å². The van der Waals surface area contributed by atoms with Crippen LogP contribution in [-0.2, 0) is 14.3 Å². The normalized spacial score (nSPS) is 13.9. The van der Waals surface area contributed by atoms with Gasteiger partial charge in [0.25, 0.3) is 0 Å². The number of anilines is 1. The van der Waals surface area contributed by atoms with E-state index in [1.54, 1.807) is 45.2 Å². The van der Waals surface area contributed by atoms with Gasteiger partial charge in [0, 0.05) is 6.08 Å². The Morgan fingerprint density at radius 2 is 1.77 bits per heavy atom. The first-order chi connectivity index (χ1) is 16.9. The van der Waals surface area contributed by atoms with Gasteiger partial charge in [0.15, 0.2) is 11.5 Å². The Bertz CT molecular complexity index is 1100. The van der Waals surface area contributed by atoms with Crippen molar-refractivity contribution >= 4 is 40.3 Å². The molecule has 1 N–H and O–H groups in total. The summed E-state index contributed by atoms with van der Waals surface area (Å²) in [6.45, 7) is 3.53. The summed E-state index contributed by atoms with van der Waals surface area (Å²) in [5, 5.41) is 2.97. The molecule has 1 aliphatic rings. The van der Waals surface area contributed by atoms with Crippen LogP contribution in [0.15, 0.2) is 24.3 Å². The van der Waals surface area contributed by atoms with E-state index in [1.165, 1.54) is 13.2 Å². The van der Waals surface area contributed by atoms with Gasteiger partial charge in [0.05, 0.1) is 26.4 Å². The zero-order chi connectivity index (χ0) is 25.4. The molecule has 1 aromatic carbocycles. The molecule has 1 amide bonds. The summed E-state index contributed by atoms with van der Waals surface area (Å²) in [5.74, 6) is -0.424. The van der Waals surface area contributed by atoms with Crippen LogP contribution >= 0.6 is 11.3 Å². The molecule has 3 rings (SSSR count). The lowest BCUT2D eigenvalue weighted by Gasteiger charge is -2.21. The Morgan fingerprint density at radius 3 is 2.43 bits per heavy atom. The second-order valence-electron chi connectivity index (χ2n) is 8.08. The predicted octanol–water partition coefficient (Wildman–Crippen LogP) is 5.39. The number of methoxy groups -OCH3 is 2. The second-order valence-corrected chi connectivity index (χ2v) is 9.10. The molecule has 0 saturated heterocycles. The van der Waals surface area contributed by atoms with Gasteiger partial charge in [-0.15, -0.1) is 11.3 Å². The lowest BCUT2D eigenvalue weighted by atomic mass is 9.98. The zero-order valence-corrected chi connectivity index (χ0v) is 21.3. The van der Waals surface area contributed by atoms with Crippen molar-refractivity contribution in [1.82, 2.24) is 0 Å². The first-order valence-electron chi connectivity index (χ1n) is 11.6. The first-order valence-corrected chi connectivity index (χ1v) is 12.4. The first kappa shape index (κ1) is 26.3. The van der Waals surface area contributed by atoms with Gasteiger partial charge in [0.1, 0.15) is 16.0 Å². The highest BCUT2D eigenvalue weighted by molar-refractivity contribution is 7.18. The summed E-state index contributed by atoms with van der Waals surface area (Å²) in [4.78, 5) is 38.5. The van der Waals surface area contributed by atoms with Gasteiger partial charge in [-0.05, 0) is 68.9 Å². The van der Waals surface area contributed by atoms with Gasteiger partial charge in [-0.3, -0.25) is 4.79 Å². The molecule has 0 bridgehead atoms. The highest BCUT2D eigenvalue weighted by Crippen LogP contribution is 2.35. The highest BCUT2D eigenvalue weighted by atomic mass is 32.1. The molecule has 2 aromatic rings. The van der Waals surface area contributed by atoms with E-state index in [2.05, 4.69) is 5.32 Å². The molecule has 1 saturated carbocycles. The fraction of sp³-hybridized carbons (Fsp3) is 0.423. The minimum atomic E-state index is -0.600. The summed E-state index contributed by atoms with van der Waals surface area (Å²) < 4.78 is 21.4. The zero-order valence-electron chi connectivity index (χ0n) is 20.5. The maximum absolute atomic E-state index is 12.9. The number of rotatable bonds is 9. The van der Waals surface area contributed by atoms with Crippen molar-refractivity contribution in [2.75, 3.05) is 26.1 Å². The molecule has 188 valence electrons. The SMILES string of the molecule is CCOC(=O)c1c(NC(=O)/C=C/c2ccc(OC)c(OC)c2)sc(C(=O)OC2CCCCC2)c1C. The van der Waals surface area contributed by atoms with Crippen LogP contribution in [0.1, 0.15) is 70.2 Å². The molecule has 1 aromatic heterocycles. The van der Waals surface area contributed by atoms with Crippen LogP contribution in [-0.4, -0.2) is 44.8 Å². The molecule has 1 aliphatic carbocycles. The summed E-state index contributed by atoms with van der Waals surface area (Å²) in [7, 11) is 3.08. The van der Waals surface area contributed by atoms with Crippen molar-refractivity contribution in [1.29, 1.82) is 0 Å². The van der Waals surface area contributed by atoms with E-state index in [0.29, 0.717) is 17.1 Å². The highest BCUT2D eigenvalue weighted by Gasteiger charge is 2.28. The average molecular weight is 502 g/mol. The van der Waals surface area contributed by atoms with Crippen LogP contribution in [0.4, 0.5) is 5.00 Å². The molecule has 8 nitrogen and oxygen atoms in total.